The van der Waals surface area contributed by atoms with Gasteiger partial charge in [-0.1, -0.05) is 0 Å². The van der Waals surface area contributed by atoms with E-state index in [-0.39, 0.29) is 5.91 Å². The number of hydroxylamine groups is 2. The van der Waals surface area contributed by atoms with Crippen LogP contribution in [0.3, 0.4) is 0 Å². The molecular formula is C13H17NO4. The minimum Gasteiger partial charge on any atom is -0.497 e. The largest absolute Gasteiger partial charge is 0.497 e. The minimum atomic E-state index is -0.189. The lowest BCUT2D eigenvalue weighted by atomic mass is 10.1. The monoisotopic (exact) mass is 251 g/mol. The highest BCUT2D eigenvalue weighted by molar-refractivity contribution is 5.96. The molecule has 0 spiro atoms. The minimum absolute atomic E-state index is 0.189. The summed E-state index contributed by atoms with van der Waals surface area (Å²) in [5.41, 5.74) is 0.457. The van der Waals surface area contributed by atoms with E-state index in [1.54, 1.807) is 25.3 Å². The van der Waals surface area contributed by atoms with Crippen molar-refractivity contribution in [2.75, 3.05) is 27.4 Å². The van der Waals surface area contributed by atoms with E-state index in [1.165, 1.54) is 12.2 Å². The summed E-state index contributed by atoms with van der Waals surface area (Å²) in [6.45, 7) is 1.19. The Morgan fingerprint density at radius 3 is 2.72 bits per heavy atom. The normalized spacial score (nSPS) is 15.3. The summed E-state index contributed by atoms with van der Waals surface area (Å²) in [6.07, 6.45) is 1.94. The maximum atomic E-state index is 12.3. The number of carbonyl (C=O) groups excluding carboxylic acids is 1. The predicted molar refractivity (Wildman–Crippen MR) is 65.8 cm³/mol. The molecular weight excluding hydrogens is 234 g/mol. The van der Waals surface area contributed by atoms with Crippen molar-refractivity contribution in [3.8, 4) is 11.5 Å². The number of amides is 1. The molecule has 98 valence electrons. The van der Waals surface area contributed by atoms with Crippen LogP contribution in [0.15, 0.2) is 18.2 Å². The molecule has 0 N–H and O–H groups in total. The van der Waals surface area contributed by atoms with Crippen LogP contribution >= 0.6 is 0 Å². The zero-order valence-electron chi connectivity index (χ0n) is 10.6. The van der Waals surface area contributed by atoms with Gasteiger partial charge in [0.25, 0.3) is 5.91 Å². The van der Waals surface area contributed by atoms with Crippen LogP contribution < -0.4 is 9.47 Å². The number of hydrogen-bond donors (Lipinski definition) is 0. The van der Waals surface area contributed by atoms with E-state index in [9.17, 15) is 4.79 Å². The molecule has 0 bridgehead atoms. The molecule has 5 heteroatoms. The second-order valence-corrected chi connectivity index (χ2v) is 4.01. The van der Waals surface area contributed by atoms with E-state index in [2.05, 4.69) is 0 Å². The van der Waals surface area contributed by atoms with Crippen LogP contribution in [-0.4, -0.2) is 38.3 Å². The molecule has 5 nitrogen and oxygen atoms in total. The summed E-state index contributed by atoms with van der Waals surface area (Å²) in [5.74, 6) is 0.955. The summed E-state index contributed by atoms with van der Waals surface area (Å²) in [4.78, 5) is 17.7. The second kappa shape index (κ2) is 5.73. The van der Waals surface area contributed by atoms with Gasteiger partial charge in [0.15, 0.2) is 0 Å². The molecule has 0 aliphatic carbocycles. The van der Waals surface area contributed by atoms with Crippen molar-refractivity contribution in [1.29, 1.82) is 0 Å². The van der Waals surface area contributed by atoms with Crippen molar-refractivity contribution in [3.05, 3.63) is 23.8 Å². The Morgan fingerprint density at radius 1 is 1.28 bits per heavy atom. The first-order valence-corrected chi connectivity index (χ1v) is 5.93. The number of benzene rings is 1. The lowest BCUT2D eigenvalue weighted by Crippen LogP contribution is -2.35. The third-order valence-corrected chi connectivity index (χ3v) is 2.87. The highest BCUT2D eigenvalue weighted by Crippen LogP contribution is 2.26. The fraction of sp³-hybridized carbons (Fsp3) is 0.462. The summed E-state index contributed by atoms with van der Waals surface area (Å²) in [7, 11) is 3.10. The Bertz CT molecular complexity index is 427. The molecule has 0 radical (unpaired) electrons. The van der Waals surface area contributed by atoms with Crippen molar-refractivity contribution in [2.24, 2.45) is 0 Å². The molecule has 0 atom stereocenters. The second-order valence-electron chi connectivity index (χ2n) is 4.01. The average Bonchev–Trinajstić information content (AvgIpc) is 2.46. The van der Waals surface area contributed by atoms with Crippen LogP contribution in [0.25, 0.3) is 0 Å². The number of carbonyl (C=O) groups is 1. The molecule has 1 aromatic rings. The average molecular weight is 251 g/mol. The molecule has 1 fully saturated rings. The molecule has 1 aliphatic rings. The quantitative estimate of drug-likeness (QED) is 0.823. The van der Waals surface area contributed by atoms with Gasteiger partial charge in [0.05, 0.1) is 26.4 Å². The zero-order chi connectivity index (χ0) is 13.0. The lowest BCUT2D eigenvalue weighted by Gasteiger charge is -2.26. The Hall–Kier alpha value is -1.75. The van der Waals surface area contributed by atoms with E-state index in [0.29, 0.717) is 30.2 Å². The van der Waals surface area contributed by atoms with Gasteiger partial charge in [-0.2, -0.15) is 0 Å². The van der Waals surface area contributed by atoms with Gasteiger partial charge in [0.1, 0.15) is 11.5 Å². The number of ether oxygens (including phenoxy) is 2. The van der Waals surface area contributed by atoms with E-state index < -0.39 is 0 Å². The van der Waals surface area contributed by atoms with Gasteiger partial charge in [-0.3, -0.25) is 9.63 Å². The molecule has 18 heavy (non-hydrogen) atoms. The summed E-state index contributed by atoms with van der Waals surface area (Å²) in [6, 6.07) is 5.14. The number of nitrogens with zero attached hydrogens (tertiary/aromatic N) is 1. The van der Waals surface area contributed by atoms with Crippen molar-refractivity contribution >= 4 is 5.91 Å². The zero-order valence-corrected chi connectivity index (χ0v) is 10.6. The molecule has 2 rings (SSSR count). The molecule has 1 saturated heterocycles. The SMILES string of the molecule is COc1ccc(OC)c(C(=O)N2CCCCO2)c1. The Morgan fingerprint density at radius 2 is 2.11 bits per heavy atom. The Balaban J connectivity index is 2.26. The van der Waals surface area contributed by atoms with E-state index >= 15 is 0 Å². The highest BCUT2D eigenvalue weighted by atomic mass is 16.7. The number of methoxy groups -OCH3 is 2. The first kappa shape index (κ1) is 12.7. The standard InChI is InChI=1S/C13H17NO4/c1-16-10-5-6-12(17-2)11(9-10)13(15)14-7-3-4-8-18-14/h5-6,9H,3-4,7-8H2,1-2H3. The van der Waals surface area contributed by atoms with Gasteiger partial charge < -0.3 is 9.47 Å². The van der Waals surface area contributed by atoms with Crippen molar-refractivity contribution in [3.63, 3.8) is 0 Å². The van der Waals surface area contributed by atoms with Crippen LogP contribution in [0.5, 0.6) is 11.5 Å². The third-order valence-electron chi connectivity index (χ3n) is 2.87. The van der Waals surface area contributed by atoms with Gasteiger partial charge in [0.2, 0.25) is 0 Å². The smallest absolute Gasteiger partial charge is 0.281 e. The van der Waals surface area contributed by atoms with E-state index in [0.717, 1.165) is 12.8 Å². The summed E-state index contributed by atoms with van der Waals surface area (Å²) < 4.78 is 10.3. The van der Waals surface area contributed by atoms with Gasteiger partial charge in [-0.05, 0) is 31.0 Å². The number of rotatable bonds is 3. The van der Waals surface area contributed by atoms with Crippen molar-refractivity contribution in [2.45, 2.75) is 12.8 Å². The molecule has 1 heterocycles. The highest BCUT2D eigenvalue weighted by Gasteiger charge is 2.23. The topological polar surface area (TPSA) is 48.0 Å². The fourth-order valence-corrected chi connectivity index (χ4v) is 1.87. The number of hydrogen-bond acceptors (Lipinski definition) is 4. The fourth-order valence-electron chi connectivity index (χ4n) is 1.87. The lowest BCUT2D eigenvalue weighted by molar-refractivity contribution is -0.144. The Labute approximate surface area is 106 Å². The van der Waals surface area contributed by atoms with Crippen LogP contribution in [0, 0.1) is 0 Å². The first-order chi connectivity index (χ1) is 8.76. The third kappa shape index (κ3) is 2.56. The van der Waals surface area contributed by atoms with Crippen molar-refractivity contribution < 1.29 is 19.1 Å². The Kier molecular flexibility index (Phi) is 4.04. The summed E-state index contributed by atoms with van der Waals surface area (Å²) >= 11 is 0. The van der Waals surface area contributed by atoms with Crippen LogP contribution in [-0.2, 0) is 4.84 Å². The van der Waals surface area contributed by atoms with Crippen LogP contribution in [0.4, 0.5) is 0 Å². The molecule has 1 aromatic carbocycles. The first-order valence-electron chi connectivity index (χ1n) is 5.93. The molecule has 1 amide bonds. The maximum Gasteiger partial charge on any atom is 0.281 e. The maximum absolute atomic E-state index is 12.3. The van der Waals surface area contributed by atoms with Gasteiger partial charge in [-0.15, -0.1) is 0 Å². The van der Waals surface area contributed by atoms with Gasteiger partial charge in [-0.25, -0.2) is 5.06 Å². The summed E-state index contributed by atoms with van der Waals surface area (Å²) in [5, 5.41) is 1.39. The van der Waals surface area contributed by atoms with Crippen molar-refractivity contribution in [1.82, 2.24) is 5.06 Å². The molecule has 0 saturated carbocycles. The van der Waals surface area contributed by atoms with Crippen LogP contribution in [0.2, 0.25) is 0 Å². The predicted octanol–water partition coefficient (Wildman–Crippen LogP) is 1.87. The van der Waals surface area contributed by atoms with Gasteiger partial charge in [0, 0.05) is 6.54 Å². The molecule has 0 unspecified atom stereocenters. The molecule has 1 aliphatic heterocycles. The van der Waals surface area contributed by atoms with E-state index in [1.807, 2.05) is 0 Å². The molecule has 0 aromatic heterocycles. The van der Waals surface area contributed by atoms with Gasteiger partial charge >= 0.3 is 0 Å². The van der Waals surface area contributed by atoms with Crippen LogP contribution in [0.1, 0.15) is 23.2 Å². The van der Waals surface area contributed by atoms with E-state index in [4.69, 9.17) is 14.3 Å².